The van der Waals surface area contributed by atoms with Gasteiger partial charge in [0, 0.05) is 5.69 Å². The molecule has 0 aromatic heterocycles. The summed E-state index contributed by atoms with van der Waals surface area (Å²) in [4.78, 5) is 35.8. The number of methoxy groups -OCH3 is 1. The molecule has 0 saturated heterocycles. The second-order valence-electron chi connectivity index (χ2n) is 5.87. The number of carbonyl (C=O) groups is 3. The Hall–Kier alpha value is -3.07. The Morgan fingerprint density at radius 3 is 2.38 bits per heavy atom. The van der Waals surface area contributed by atoms with E-state index in [2.05, 4.69) is 10.6 Å². The van der Waals surface area contributed by atoms with Crippen LogP contribution in [0.2, 0.25) is 0 Å². The number of nitrogens with one attached hydrogen (secondary N) is 2. The first kappa shape index (κ1) is 22.2. The number of benzene rings is 2. The van der Waals surface area contributed by atoms with Crippen molar-refractivity contribution in [1.29, 1.82) is 0 Å². The van der Waals surface area contributed by atoms with Crippen molar-refractivity contribution in [2.24, 2.45) is 0 Å². The monoisotopic (exact) mass is 420 g/mol. The highest BCUT2D eigenvalue weighted by Crippen LogP contribution is 2.16. The van der Waals surface area contributed by atoms with Crippen LogP contribution in [0, 0.1) is 5.82 Å². The quantitative estimate of drug-likeness (QED) is 0.606. The lowest BCUT2D eigenvalue weighted by Crippen LogP contribution is -2.30. The largest absolute Gasteiger partial charge is 0.497 e. The highest BCUT2D eigenvalue weighted by atomic mass is 32.2. The molecule has 2 aromatic rings. The van der Waals surface area contributed by atoms with Gasteiger partial charge in [0.25, 0.3) is 5.91 Å². The Kier molecular flexibility index (Phi) is 8.47. The summed E-state index contributed by atoms with van der Waals surface area (Å²) in [6.45, 7) is 1.45. The van der Waals surface area contributed by atoms with E-state index in [4.69, 9.17) is 9.47 Å². The van der Waals surface area contributed by atoms with E-state index in [1.165, 1.54) is 32.2 Å². The highest BCUT2D eigenvalue weighted by Gasteiger charge is 2.18. The maximum absolute atomic E-state index is 13.5. The normalized spacial score (nSPS) is 11.3. The molecule has 1 atom stereocenters. The minimum Gasteiger partial charge on any atom is -0.497 e. The SMILES string of the molecule is COc1ccc(NC(=O)[C@H](C)OC(=O)CSCC(=O)Nc2ccccc2F)cc1. The van der Waals surface area contributed by atoms with E-state index in [0.717, 1.165) is 11.8 Å². The van der Waals surface area contributed by atoms with Crippen LogP contribution in [0.5, 0.6) is 5.75 Å². The van der Waals surface area contributed by atoms with Crippen LogP contribution in [0.3, 0.4) is 0 Å². The molecule has 2 rings (SSSR count). The van der Waals surface area contributed by atoms with Gasteiger partial charge in [-0.3, -0.25) is 14.4 Å². The summed E-state index contributed by atoms with van der Waals surface area (Å²) in [5.74, 6) is -1.63. The number of carbonyl (C=O) groups excluding carboxylic acids is 3. The number of para-hydroxylation sites is 1. The van der Waals surface area contributed by atoms with Crippen molar-refractivity contribution in [3.63, 3.8) is 0 Å². The first-order valence-corrected chi connectivity index (χ1v) is 9.81. The highest BCUT2D eigenvalue weighted by molar-refractivity contribution is 8.00. The smallest absolute Gasteiger partial charge is 0.316 e. The van der Waals surface area contributed by atoms with E-state index in [-0.39, 0.29) is 17.2 Å². The third-order valence-electron chi connectivity index (χ3n) is 3.64. The lowest BCUT2D eigenvalue weighted by molar-refractivity contribution is -0.150. The number of esters is 1. The fraction of sp³-hybridized carbons (Fsp3) is 0.250. The van der Waals surface area contributed by atoms with Crippen molar-refractivity contribution >= 4 is 40.9 Å². The van der Waals surface area contributed by atoms with Gasteiger partial charge in [-0.1, -0.05) is 12.1 Å². The van der Waals surface area contributed by atoms with Crippen LogP contribution in [0.1, 0.15) is 6.92 Å². The lowest BCUT2D eigenvalue weighted by Gasteiger charge is -2.13. The summed E-state index contributed by atoms with van der Waals surface area (Å²) >= 11 is 1.00. The molecule has 0 saturated carbocycles. The van der Waals surface area contributed by atoms with Gasteiger partial charge in [-0.25, -0.2) is 4.39 Å². The molecular formula is C20H21FN2O5S. The molecule has 2 amide bonds. The Bertz CT molecular complexity index is 860. The zero-order valence-electron chi connectivity index (χ0n) is 15.9. The molecule has 29 heavy (non-hydrogen) atoms. The number of hydrogen-bond acceptors (Lipinski definition) is 6. The third-order valence-corrected chi connectivity index (χ3v) is 4.54. The van der Waals surface area contributed by atoms with Crippen molar-refractivity contribution < 1.29 is 28.2 Å². The molecule has 0 aliphatic heterocycles. The van der Waals surface area contributed by atoms with E-state index in [1.807, 2.05) is 0 Å². The van der Waals surface area contributed by atoms with E-state index in [0.29, 0.717) is 11.4 Å². The van der Waals surface area contributed by atoms with Crippen LogP contribution in [0.4, 0.5) is 15.8 Å². The van der Waals surface area contributed by atoms with Crippen molar-refractivity contribution in [3.05, 3.63) is 54.3 Å². The predicted molar refractivity (Wildman–Crippen MR) is 110 cm³/mol. The van der Waals surface area contributed by atoms with Gasteiger partial charge in [0.1, 0.15) is 11.6 Å². The zero-order chi connectivity index (χ0) is 21.2. The van der Waals surface area contributed by atoms with Crippen LogP contribution < -0.4 is 15.4 Å². The van der Waals surface area contributed by atoms with E-state index in [1.54, 1.807) is 30.3 Å². The molecule has 0 heterocycles. The number of hydrogen-bond donors (Lipinski definition) is 2. The van der Waals surface area contributed by atoms with Crippen LogP contribution in [-0.2, 0) is 19.1 Å². The second-order valence-corrected chi connectivity index (χ2v) is 6.86. The molecule has 0 spiro atoms. The van der Waals surface area contributed by atoms with E-state index < -0.39 is 29.7 Å². The second kappa shape index (κ2) is 11.1. The molecule has 0 radical (unpaired) electrons. The Morgan fingerprint density at radius 2 is 1.72 bits per heavy atom. The molecule has 0 fully saturated rings. The maximum atomic E-state index is 13.5. The first-order chi connectivity index (χ1) is 13.9. The molecule has 7 nitrogen and oxygen atoms in total. The maximum Gasteiger partial charge on any atom is 0.316 e. The van der Waals surface area contributed by atoms with E-state index in [9.17, 15) is 18.8 Å². The topological polar surface area (TPSA) is 93.7 Å². The number of rotatable bonds is 9. The van der Waals surface area contributed by atoms with Gasteiger partial charge in [0.15, 0.2) is 6.10 Å². The number of halogens is 1. The van der Waals surface area contributed by atoms with Gasteiger partial charge in [0.05, 0.1) is 24.3 Å². The van der Waals surface area contributed by atoms with Gasteiger partial charge in [-0.15, -0.1) is 11.8 Å². The Morgan fingerprint density at radius 1 is 1.03 bits per heavy atom. The fourth-order valence-corrected chi connectivity index (χ4v) is 2.77. The summed E-state index contributed by atoms with van der Waals surface area (Å²) in [7, 11) is 1.54. The Balaban J connectivity index is 1.70. The van der Waals surface area contributed by atoms with Gasteiger partial charge < -0.3 is 20.1 Å². The van der Waals surface area contributed by atoms with Crippen molar-refractivity contribution in [3.8, 4) is 5.75 Å². The standard InChI is InChI=1S/C20H21FN2O5S/c1-13(20(26)22-14-7-9-15(27-2)10-8-14)28-19(25)12-29-11-18(24)23-17-6-4-3-5-16(17)21/h3-10,13H,11-12H2,1-2H3,(H,22,26)(H,23,24)/t13-/m0/s1. The average molecular weight is 420 g/mol. The number of amides is 2. The van der Waals surface area contributed by atoms with Gasteiger partial charge >= 0.3 is 5.97 Å². The molecule has 0 aliphatic rings. The van der Waals surface area contributed by atoms with Crippen LogP contribution in [-0.4, -0.2) is 42.5 Å². The third kappa shape index (κ3) is 7.46. The van der Waals surface area contributed by atoms with Gasteiger partial charge in [-0.05, 0) is 43.3 Å². The summed E-state index contributed by atoms with van der Waals surface area (Å²) < 4.78 is 23.6. The molecule has 9 heteroatoms. The van der Waals surface area contributed by atoms with Crippen molar-refractivity contribution in [2.75, 3.05) is 29.2 Å². The van der Waals surface area contributed by atoms with Gasteiger partial charge in [0.2, 0.25) is 5.91 Å². The van der Waals surface area contributed by atoms with Gasteiger partial charge in [-0.2, -0.15) is 0 Å². The molecule has 2 N–H and O–H groups in total. The van der Waals surface area contributed by atoms with Crippen molar-refractivity contribution in [1.82, 2.24) is 0 Å². The van der Waals surface area contributed by atoms with E-state index >= 15 is 0 Å². The summed E-state index contributed by atoms with van der Waals surface area (Å²) in [6, 6.07) is 12.5. The number of thioether (sulfide) groups is 1. The summed E-state index contributed by atoms with van der Waals surface area (Å²) in [6.07, 6.45) is -1.00. The molecule has 154 valence electrons. The minimum absolute atomic E-state index is 0.0597. The first-order valence-electron chi connectivity index (χ1n) is 8.65. The van der Waals surface area contributed by atoms with Crippen LogP contribution >= 0.6 is 11.8 Å². The molecule has 0 aliphatic carbocycles. The van der Waals surface area contributed by atoms with Crippen LogP contribution in [0.25, 0.3) is 0 Å². The Labute approximate surface area is 172 Å². The summed E-state index contributed by atoms with van der Waals surface area (Å²) in [5, 5.41) is 5.05. The average Bonchev–Trinajstić information content (AvgIpc) is 2.70. The fourth-order valence-electron chi connectivity index (χ4n) is 2.18. The van der Waals surface area contributed by atoms with Crippen LogP contribution in [0.15, 0.2) is 48.5 Å². The molecule has 2 aromatic carbocycles. The number of anilines is 2. The summed E-state index contributed by atoms with van der Waals surface area (Å²) in [5.41, 5.74) is 0.613. The minimum atomic E-state index is -1.00. The zero-order valence-corrected chi connectivity index (χ0v) is 16.8. The molecular weight excluding hydrogens is 399 g/mol. The van der Waals surface area contributed by atoms with Crippen molar-refractivity contribution in [2.45, 2.75) is 13.0 Å². The molecule has 0 unspecified atom stereocenters. The predicted octanol–water partition coefficient (Wildman–Crippen LogP) is 3.08. The lowest BCUT2D eigenvalue weighted by atomic mass is 10.3. The molecule has 0 bridgehead atoms. The number of ether oxygens (including phenoxy) is 2.